The molecule has 0 amide bonds. The fourth-order valence-corrected chi connectivity index (χ4v) is 0.907. The van der Waals surface area contributed by atoms with Crippen molar-refractivity contribution in [2.24, 2.45) is 4.99 Å². The van der Waals surface area contributed by atoms with E-state index in [2.05, 4.69) is 16.4 Å². The molecule has 0 aromatic carbocycles. The van der Waals surface area contributed by atoms with Crippen LogP contribution < -0.4 is 0 Å². The predicted octanol–water partition coefficient (Wildman–Crippen LogP) is 0.605. The molecule has 1 heterocycles. The molecule has 39 valence electrons. The summed E-state index contributed by atoms with van der Waals surface area (Å²) in [5, 5.41) is 0. The van der Waals surface area contributed by atoms with Crippen LogP contribution in [-0.2, 0) is 0 Å². The Balaban J connectivity index is 2.67. The molecule has 0 fully saturated rings. The number of hydrogen-bond acceptors (Lipinski definition) is 1. The van der Waals surface area contributed by atoms with E-state index in [-0.39, 0.29) is 0 Å². The summed E-state index contributed by atoms with van der Waals surface area (Å²) < 4.78 is 0. The van der Waals surface area contributed by atoms with Gasteiger partial charge in [0, 0.05) is 12.4 Å². The summed E-state index contributed by atoms with van der Waals surface area (Å²) in [6, 6.07) is 0. The largest absolute Gasteiger partial charge is 0.265 e. The molecule has 0 saturated heterocycles. The molecule has 0 atom stereocenters. The first-order valence-electron chi connectivity index (χ1n) is 2.43. The van der Waals surface area contributed by atoms with E-state index in [1.807, 2.05) is 12.2 Å². The summed E-state index contributed by atoms with van der Waals surface area (Å²) >= 11 is 0. The van der Waals surface area contributed by atoms with Gasteiger partial charge in [-0.05, 0) is 12.2 Å². The van der Waals surface area contributed by atoms with Crippen LogP contribution in [0.25, 0.3) is 0 Å². The molecular weight excluding hydrogens is 114 g/mol. The van der Waals surface area contributed by atoms with Gasteiger partial charge in [-0.25, -0.2) is 0 Å². The van der Waals surface area contributed by atoms with Crippen molar-refractivity contribution in [1.29, 1.82) is 0 Å². The van der Waals surface area contributed by atoms with Crippen molar-refractivity contribution in [3.05, 3.63) is 24.1 Å². The van der Waals surface area contributed by atoms with E-state index in [1.54, 1.807) is 12.4 Å². The third-order valence-electron chi connectivity index (χ3n) is 0.729. The van der Waals surface area contributed by atoms with E-state index in [4.69, 9.17) is 0 Å². The van der Waals surface area contributed by atoms with Crippen LogP contribution in [0.3, 0.4) is 0 Å². The molecule has 1 aliphatic heterocycles. The van der Waals surface area contributed by atoms with Crippen LogP contribution in [0.2, 0.25) is 0 Å². The Hall–Kier alpha value is -0.763. The highest BCUT2D eigenvalue weighted by molar-refractivity contribution is 6.54. The van der Waals surface area contributed by atoms with Crippen molar-refractivity contribution in [3.8, 4) is 0 Å². The first-order valence-corrected chi connectivity index (χ1v) is 3.58. The third kappa shape index (κ3) is 1.79. The molecular formula is C6H6NSi. The second kappa shape index (κ2) is 3.27. The molecule has 0 unspecified atom stereocenters. The lowest BCUT2D eigenvalue weighted by Gasteiger charge is -1.76. The molecule has 0 aliphatic carbocycles. The summed E-state index contributed by atoms with van der Waals surface area (Å²) in [6.07, 6.45) is 7.49. The highest BCUT2D eigenvalue weighted by Crippen LogP contribution is 1.73. The minimum atomic E-state index is 0.807. The molecule has 1 aliphatic rings. The van der Waals surface area contributed by atoms with Gasteiger partial charge in [0.15, 0.2) is 0 Å². The standard InChI is InChI=1S/C6H6NSi/c1-3-7-4-2-6-8-5-1/h1-6H/b3-1-,4-2?,5-1?,6-2-,7-3?,7-4-,8-5?,8-6?. The number of aliphatic imine (C=N–C) groups is 1. The topological polar surface area (TPSA) is 12.4 Å². The number of allylic oxidation sites excluding steroid dienone is 2. The maximum Gasteiger partial charge on any atom is 0.0506 e. The minimum absolute atomic E-state index is 0.807. The van der Waals surface area contributed by atoms with Crippen molar-refractivity contribution < 1.29 is 0 Å². The lowest BCUT2D eigenvalue weighted by atomic mass is 10.6. The van der Waals surface area contributed by atoms with Gasteiger partial charge >= 0.3 is 0 Å². The SMILES string of the molecule is C1=C\N=C/C=C\[Si]=C/1. The van der Waals surface area contributed by atoms with Gasteiger partial charge in [0.25, 0.3) is 0 Å². The Morgan fingerprint density at radius 3 is 3.25 bits per heavy atom. The van der Waals surface area contributed by atoms with Gasteiger partial charge in [-0.1, -0.05) is 11.4 Å². The van der Waals surface area contributed by atoms with E-state index >= 15 is 0 Å². The van der Waals surface area contributed by atoms with Crippen molar-refractivity contribution in [1.82, 2.24) is 0 Å². The van der Waals surface area contributed by atoms with Gasteiger partial charge in [0.1, 0.15) is 0 Å². The second-order valence-electron chi connectivity index (χ2n) is 1.33. The lowest BCUT2D eigenvalue weighted by Crippen LogP contribution is -1.77. The highest BCUT2D eigenvalue weighted by atomic mass is 28.2. The Bertz CT molecular complexity index is 109. The van der Waals surface area contributed by atoms with Gasteiger partial charge < -0.3 is 0 Å². The fourth-order valence-electron chi connectivity index (χ4n) is 0.402. The summed E-state index contributed by atoms with van der Waals surface area (Å²) in [4.78, 5) is 3.91. The van der Waals surface area contributed by atoms with Crippen molar-refractivity contribution in [3.63, 3.8) is 0 Å². The van der Waals surface area contributed by atoms with Gasteiger partial charge in [-0.2, -0.15) is 0 Å². The Kier molecular flexibility index (Phi) is 2.19. The van der Waals surface area contributed by atoms with E-state index < -0.39 is 0 Å². The molecule has 0 bridgehead atoms. The lowest BCUT2D eigenvalue weighted by molar-refractivity contribution is 1.61. The average molecular weight is 120 g/mol. The third-order valence-corrected chi connectivity index (χ3v) is 1.50. The Morgan fingerprint density at radius 2 is 2.25 bits per heavy atom. The molecule has 0 saturated carbocycles. The molecule has 8 heavy (non-hydrogen) atoms. The summed E-state index contributed by atoms with van der Waals surface area (Å²) in [5.41, 5.74) is 4.18. The zero-order valence-electron chi connectivity index (χ0n) is 4.41. The normalized spacial score (nSPS) is 32.0. The van der Waals surface area contributed by atoms with Gasteiger partial charge in [-0.3, -0.25) is 4.99 Å². The molecule has 0 spiro atoms. The molecule has 0 aromatic heterocycles. The summed E-state index contributed by atoms with van der Waals surface area (Å²) in [6.45, 7) is 0. The summed E-state index contributed by atoms with van der Waals surface area (Å²) in [5.74, 6) is 0. The van der Waals surface area contributed by atoms with Crippen molar-refractivity contribution >= 4 is 21.0 Å². The first-order chi connectivity index (χ1) is 4.00. The molecule has 0 aromatic rings. The van der Waals surface area contributed by atoms with Gasteiger partial charge in [0.2, 0.25) is 0 Å². The van der Waals surface area contributed by atoms with Crippen LogP contribution in [-0.4, -0.2) is 21.0 Å². The van der Waals surface area contributed by atoms with E-state index in [1.165, 1.54) is 0 Å². The van der Waals surface area contributed by atoms with Crippen LogP contribution in [0.4, 0.5) is 0 Å². The molecule has 1 radical (unpaired) electrons. The van der Waals surface area contributed by atoms with E-state index in [0.29, 0.717) is 0 Å². The van der Waals surface area contributed by atoms with E-state index in [9.17, 15) is 0 Å². The zero-order valence-corrected chi connectivity index (χ0v) is 5.41. The van der Waals surface area contributed by atoms with Gasteiger partial charge in [0.05, 0.1) is 9.13 Å². The number of rotatable bonds is 0. The van der Waals surface area contributed by atoms with Gasteiger partial charge in [-0.15, -0.1) is 0 Å². The van der Waals surface area contributed by atoms with Crippen LogP contribution in [0.1, 0.15) is 0 Å². The first kappa shape index (κ1) is 5.38. The Morgan fingerprint density at radius 1 is 1.25 bits per heavy atom. The number of nitrogens with zero attached hydrogens (tertiary/aromatic N) is 1. The maximum absolute atomic E-state index is 3.91. The molecule has 1 rings (SSSR count). The minimum Gasteiger partial charge on any atom is -0.265 e. The Labute approximate surface area is 50.9 Å². The van der Waals surface area contributed by atoms with Crippen LogP contribution in [0, 0.1) is 0 Å². The van der Waals surface area contributed by atoms with Crippen molar-refractivity contribution in [2.45, 2.75) is 0 Å². The monoisotopic (exact) mass is 120 g/mol. The van der Waals surface area contributed by atoms with Crippen LogP contribution in [0.15, 0.2) is 29.0 Å². The highest BCUT2D eigenvalue weighted by Gasteiger charge is 1.67. The molecule has 0 N–H and O–H groups in total. The molecule has 1 nitrogen and oxygen atoms in total. The summed E-state index contributed by atoms with van der Waals surface area (Å²) in [7, 11) is 0.807. The maximum atomic E-state index is 3.91. The quantitative estimate of drug-likeness (QED) is 0.415. The smallest absolute Gasteiger partial charge is 0.0506 e. The van der Waals surface area contributed by atoms with Crippen molar-refractivity contribution in [2.75, 3.05) is 0 Å². The fraction of sp³-hybridized carbons (Fsp3) is 0. The van der Waals surface area contributed by atoms with Crippen LogP contribution in [0.5, 0.6) is 0 Å². The average Bonchev–Trinajstić information content (AvgIpc) is 1.62. The molecule has 2 heteroatoms. The predicted molar refractivity (Wildman–Crippen MR) is 38.6 cm³/mol. The number of hydrogen-bond donors (Lipinski definition) is 0. The zero-order chi connectivity index (χ0) is 5.66. The second-order valence-corrected chi connectivity index (χ2v) is 2.33. The van der Waals surface area contributed by atoms with E-state index in [0.717, 1.165) is 9.13 Å². The van der Waals surface area contributed by atoms with Crippen LogP contribution >= 0.6 is 0 Å².